The van der Waals surface area contributed by atoms with Gasteiger partial charge >= 0.3 is 0 Å². The number of hydroxylamine groups is 1. The summed E-state index contributed by atoms with van der Waals surface area (Å²) >= 11 is 0. The van der Waals surface area contributed by atoms with Crippen LogP contribution in [0.15, 0.2) is 48.5 Å². The molecular weight excluding hydrogens is 306 g/mol. The van der Waals surface area contributed by atoms with Crippen molar-refractivity contribution < 1.29 is 19.1 Å². The summed E-state index contributed by atoms with van der Waals surface area (Å²) in [5.41, 5.74) is 1.12. The molecule has 2 unspecified atom stereocenters. The molecule has 2 atom stereocenters. The number of ketones is 1. The van der Waals surface area contributed by atoms with Crippen LogP contribution in [0.4, 0.5) is 5.69 Å². The van der Waals surface area contributed by atoms with Crippen molar-refractivity contribution in [2.45, 2.75) is 31.9 Å². The van der Waals surface area contributed by atoms with Gasteiger partial charge in [-0.2, -0.15) is 0 Å². The minimum absolute atomic E-state index is 0.0201. The second-order valence-electron chi connectivity index (χ2n) is 6.37. The maximum absolute atomic E-state index is 12.1. The van der Waals surface area contributed by atoms with Gasteiger partial charge in [0.15, 0.2) is 22.9 Å². The molecule has 0 bridgehead atoms. The summed E-state index contributed by atoms with van der Waals surface area (Å²) < 4.78 is 10.9. The minimum Gasteiger partial charge on any atom is -0.454 e. The number of hydrogen-bond acceptors (Lipinski definition) is 5. The second kappa shape index (κ2) is 5.53. The molecule has 0 radical (unpaired) electrons. The summed E-state index contributed by atoms with van der Waals surface area (Å²) in [6.07, 6.45) is 0.580. The first-order valence-electron chi connectivity index (χ1n) is 8.01. The van der Waals surface area contributed by atoms with E-state index in [-0.39, 0.29) is 18.6 Å². The topological polar surface area (TPSA) is 48.0 Å². The van der Waals surface area contributed by atoms with Crippen molar-refractivity contribution in [3.8, 4) is 11.5 Å². The van der Waals surface area contributed by atoms with Gasteiger partial charge in [-0.25, -0.2) is 5.06 Å². The summed E-state index contributed by atoms with van der Waals surface area (Å²) in [6.45, 7) is 3.66. The first kappa shape index (κ1) is 15.0. The Hall–Kier alpha value is -2.53. The zero-order valence-electron chi connectivity index (χ0n) is 13.7. The number of anilines is 1. The maximum Gasteiger partial charge on any atom is 0.231 e. The molecule has 2 aromatic rings. The van der Waals surface area contributed by atoms with Gasteiger partial charge in [0.25, 0.3) is 0 Å². The molecule has 0 N–H and O–H groups in total. The molecule has 4 rings (SSSR count). The Morgan fingerprint density at radius 1 is 1.12 bits per heavy atom. The average molecular weight is 325 g/mol. The van der Waals surface area contributed by atoms with Crippen molar-refractivity contribution in [2.75, 3.05) is 11.9 Å². The quantitative estimate of drug-likeness (QED) is 0.862. The summed E-state index contributed by atoms with van der Waals surface area (Å²) in [6, 6.07) is 15.6. The van der Waals surface area contributed by atoms with E-state index < -0.39 is 5.60 Å². The highest BCUT2D eigenvalue weighted by Crippen LogP contribution is 2.45. The normalized spacial score (nSPS) is 25.1. The zero-order valence-corrected chi connectivity index (χ0v) is 13.7. The molecule has 1 saturated heterocycles. The van der Waals surface area contributed by atoms with Crippen LogP contribution in [0.1, 0.15) is 31.9 Å². The fourth-order valence-corrected chi connectivity index (χ4v) is 3.16. The van der Waals surface area contributed by atoms with Gasteiger partial charge in [-0.15, -0.1) is 0 Å². The number of carbonyl (C=O) groups excluding carboxylic acids is 1. The molecule has 124 valence electrons. The lowest BCUT2D eigenvalue weighted by molar-refractivity contribution is -0.136. The predicted octanol–water partition coefficient (Wildman–Crippen LogP) is 3.65. The highest BCUT2D eigenvalue weighted by Gasteiger charge is 2.46. The van der Waals surface area contributed by atoms with Crippen LogP contribution in [0.25, 0.3) is 0 Å². The minimum atomic E-state index is -0.836. The van der Waals surface area contributed by atoms with Gasteiger partial charge < -0.3 is 9.47 Å². The largest absolute Gasteiger partial charge is 0.454 e. The van der Waals surface area contributed by atoms with Crippen LogP contribution in [0, 0.1) is 0 Å². The first-order valence-corrected chi connectivity index (χ1v) is 8.01. The molecule has 0 amide bonds. The molecule has 2 aliphatic rings. The number of Topliss-reactive ketones (excluding diaryl/α,β-unsaturated/α-hetero) is 1. The standard InChI is InChI=1S/C19H19NO4/c1-13(21)19(2)11-16(20(24-19)15-6-4-3-5-7-15)14-8-9-17-18(10-14)23-12-22-17/h3-10,16H,11-12H2,1-2H3. The maximum atomic E-state index is 12.1. The molecular formula is C19H19NO4. The molecule has 0 spiro atoms. The summed E-state index contributed by atoms with van der Waals surface area (Å²) in [4.78, 5) is 18.2. The summed E-state index contributed by atoms with van der Waals surface area (Å²) in [7, 11) is 0. The molecule has 2 aliphatic heterocycles. The molecule has 0 aliphatic carbocycles. The van der Waals surface area contributed by atoms with E-state index in [1.807, 2.05) is 60.5 Å². The number of fused-ring (bicyclic) bond motifs is 1. The molecule has 5 nitrogen and oxygen atoms in total. The van der Waals surface area contributed by atoms with Crippen molar-refractivity contribution in [3.05, 3.63) is 54.1 Å². The molecule has 2 aromatic carbocycles. The Bertz CT molecular complexity index is 776. The van der Waals surface area contributed by atoms with Crippen LogP contribution < -0.4 is 14.5 Å². The number of para-hydroxylation sites is 1. The SMILES string of the molecule is CC(=O)C1(C)CC(c2ccc3c(c2)OCO3)N(c2ccccc2)O1. The van der Waals surface area contributed by atoms with Crippen molar-refractivity contribution in [2.24, 2.45) is 0 Å². The number of hydrogen-bond donors (Lipinski definition) is 0. The van der Waals surface area contributed by atoms with E-state index in [0.717, 1.165) is 22.7 Å². The van der Waals surface area contributed by atoms with E-state index >= 15 is 0 Å². The van der Waals surface area contributed by atoms with Gasteiger partial charge in [0, 0.05) is 6.42 Å². The van der Waals surface area contributed by atoms with Crippen molar-refractivity contribution >= 4 is 11.5 Å². The number of benzene rings is 2. The number of ether oxygens (including phenoxy) is 2. The first-order chi connectivity index (χ1) is 11.6. The third-order valence-electron chi connectivity index (χ3n) is 4.70. The Morgan fingerprint density at radius 2 is 1.88 bits per heavy atom. The molecule has 0 saturated carbocycles. The Balaban J connectivity index is 1.74. The van der Waals surface area contributed by atoms with E-state index in [1.165, 1.54) is 0 Å². The van der Waals surface area contributed by atoms with Gasteiger partial charge in [-0.05, 0) is 43.7 Å². The van der Waals surface area contributed by atoms with Crippen molar-refractivity contribution in [1.29, 1.82) is 0 Å². The number of nitrogens with zero attached hydrogens (tertiary/aromatic N) is 1. The smallest absolute Gasteiger partial charge is 0.231 e. The summed E-state index contributed by atoms with van der Waals surface area (Å²) in [5.74, 6) is 1.50. The van der Waals surface area contributed by atoms with Gasteiger partial charge in [0.05, 0.1) is 11.7 Å². The van der Waals surface area contributed by atoms with Gasteiger partial charge in [-0.3, -0.25) is 9.63 Å². The molecule has 0 aromatic heterocycles. The number of rotatable bonds is 3. The lowest BCUT2D eigenvalue weighted by Crippen LogP contribution is -2.34. The third-order valence-corrected chi connectivity index (χ3v) is 4.70. The van der Waals surface area contributed by atoms with Crippen molar-refractivity contribution in [3.63, 3.8) is 0 Å². The Labute approximate surface area is 140 Å². The molecule has 5 heteroatoms. The predicted molar refractivity (Wildman–Crippen MR) is 89.0 cm³/mol. The van der Waals surface area contributed by atoms with Crippen LogP contribution in [-0.4, -0.2) is 18.2 Å². The third kappa shape index (κ3) is 2.41. The van der Waals surface area contributed by atoms with E-state index in [1.54, 1.807) is 6.92 Å². The van der Waals surface area contributed by atoms with E-state index in [2.05, 4.69) is 0 Å². The molecule has 1 fully saturated rings. The lowest BCUT2D eigenvalue weighted by Gasteiger charge is -2.26. The van der Waals surface area contributed by atoms with Gasteiger partial charge in [0.2, 0.25) is 6.79 Å². The second-order valence-corrected chi connectivity index (χ2v) is 6.37. The number of carbonyl (C=O) groups is 1. The van der Waals surface area contributed by atoms with Gasteiger partial charge in [-0.1, -0.05) is 24.3 Å². The van der Waals surface area contributed by atoms with E-state index in [0.29, 0.717) is 6.42 Å². The van der Waals surface area contributed by atoms with Crippen LogP contribution in [0.2, 0.25) is 0 Å². The van der Waals surface area contributed by atoms with Crippen LogP contribution >= 0.6 is 0 Å². The zero-order chi connectivity index (χ0) is 16.7. The fraction of sp³-hybridized carbons (Fsp3) is 0.316. The van der Waals surface area contributed by atoms with E-state index in [4.69, 9.17) is 14.3 Å². The van der Waals surface area contributed by atoms with Crippen LogP contribution in [0.5, 0.6) is 11.5 Å². The Morgan fingerprint density at radius 3 is 2.62 bits per heavy atom. The monoisotopic (exact) mass is 325 g/mol. The Kier molecular flexibility index (Phi) is 3.46. The highest BCUT2D eigenvalue weighted by molar-refractivity contribution is 5.85. The van der Waals surface area contributed by atoms with E-state index in [9.17, 15) is 4.79 Å². The van der Waals surface area contributed by atoms with Gasteiger partial charge in [0.1, 0.15) is 0 Å². The fourth-order valence-electron chi connectivity index (χ4n) is 3.16. The highest BCUT2D eigenvalue weighted by atomic mass is 16.7. The van der Waals surface area contributed by atoms with Crippen molar-refractivity contribution in [1.82, 2.24) is 0 Å². The molecule has 2 heterocycles. The summed E-state index contributed by atoms with van der Waals surface area (Å²) in [5, 5.41) is 1.83. The molecule has 24 heavy (non-hydrogen) atoms. The van der Waals surface area contributed by atoms with Crippen LogP contribution in [0.3, 0.4) is 0 Å². The average Bonchev–Trinajstić information content (AvgIpc) is 3.20. The van der Waals surface area contributed by atoms with Crippen LogP contribution in [-0.2, 0) is 9.63 Å². The lowest BCUT2D eigenvalue weighted by atomic mass is 9.91.